The van der Waals surface area contributed by atoms with Crippen molar-refractivity contribution in [1.82, 2.24) is 4.98 Å². The van der Waals surface area contributed by atoms with E-state index in [1.54, 1.807) is 11.3 Å². The van der Waals surface area contributed by atoms with Gasteiger partial charge in [-0.3, -0.25) is 0 Å². The molecule has 3 aromatic carbocycles. The van der Waals surface area contributed by atoms with E-state index in [0.29, 0.717) is 0 Å². The standard InChI is InChI=1S/C19H15NS/c1-2-13-11-12-14-7-3-4-8-15(14)18(13)19-20-16-9-5-6-10-17(16)21-19/h3-12H,2H2,1H3. The number of fused-ring (bicyclic) bond motifs is 2. The average molecular weight is 289 g/mol. The van der Waals surface area contributed by atoms with E-state index in [0.717, 1.165) is 16.9 Å². The van der Waals surface area contributed by atoms with Gasteiger partial charge in [0.15, 0.2) is 0 Å². The van der Waals surface area contributed by atoms with Crippen LogP contribution in [0, 0.1) is 0 Å². The molecular weight excluding hydrogens is 274 g/mol. The molecule has 0 aliphatic carbocycles. The first kappa shape index (κ1) is 12.5. The first-order valence-corrected chi connectivity index (χ1v) is 8.05. The zero-order valence-corrected chi connectivity index (χ0v) is 12.7. The summed E-state index contributed by atoms with van der Waals surface area (Å²) in [4.78, 5) is 4.86. The Morgan fingerprint density at radius 3 is 2.57 bits per heavy atom. The van der Waals surface area contributed by atoms with Gasteiger partial charge in [-0.1, -0.05) is 55.5 Å². The normalized spacial score (nSPS) is 11.3. The first-order valence-electron chi connectivity index (χ1n) is 7.23. The maximum Gasteiger partial charge on any atom is 0.125 e. The van der Waals surface area contributed by atoms with Crippen molar-refractivity contribution in [1.29, 1.82) is 0 Å². The van der Waals surface area contributed by atoms with Crippen molar-refractivity contribution >= 4 is 32.3 Å². The molecule has 0 radical (unpaired) electrons. The summed E-state index contributed by atoms with van der Waals surface area (Å²) < 4.78 is 1.25. The lowest BCUT2D eigenvalue weighted by Crippen LogP contribution is -1.89. The summed E-state index contributed by atoms with van der Waals surface area (Å²) in [6.07, 6.45) is 1.02. The van der Waals surface area contributed by atoms with Crippen molar-refractivity contribution in [3.05, 3.63) is 66.2 Å². The molecule has 0 bridgehead atoms. The Kier molecular flexibility index (Phi) is 2.97. The number of aryl methyl sites for hydroxylation is 1. The van der Waals surface area contributed by atoms with E-state index in [1.165, 1.54) is 26.6 Å². The molecule has 0 amide bonds. The highest BCUT2D eigenvalue weighted by Crippen LogP contribution is 2.37. The highest BCUT2D eigenvalue weighted by Gasteiger charge is 2.13. The number of para-hydroxylation sites is 1. The average Bonchev–Trinajstić information content (AvgIpc) is 2.97. The SMILES string of the molecule is CCc1ccc2ccccc2c1-c1nc2ccccc2s1. The van der Waals surface area contributed by atoms with E-state index in [-0.39, 0.29) is 0 Å². The highest BCUT2D eigenvalue weighted by atomic mass is 32.1. The fourth-order valence-corrected chi connectivity index (χ4v) is 3.90. The number of hydrogen-bond donors (Lipinski definition) is 0. The molecule has 0 atom stereocenters. The first-order chi connectivity index (χ1) is 10.4. The van der Waals surface area contributed by atoms with Crippen LogP contribution in [0.5, 0.6) is 0 Å². The fourth-order valence-electron chi connectivity index (χ4n) is 2.84. The molecule has 2 heteroatoms. The van der Waals surface area contributed by atoms with Crippen LogP contribution >= 0.6 is 11.3 Å². The molecule has 0 saturated heterocycles. The molecule has 21 heavy (non-hydrogen) atoms. The summed E-state index contributed by atoms with van der Waals surface area (Å²) in [6.45, 7) is 2.21. The molecule has 0 aliphatic rings. The van der Waals surface area contributed by atoms with Gasteiger partial charge in [0.05, 0.1) is 10.2 Å². The van der Waals surface area contributed by atoms with Gasteiger partial charge in [0.2, 0.25) is 0 Å². The van der Waals surface area contributed by atoms with Crippen molar-refractivity contribution in [2.75, 3.05) is 0 Å². The van der Waals surface area contributed by atoms with E-state index < -0.39 is 0 Å². The van der Waals surface area contributed by atoms with Crippen LogP contribution in [0.2, 0.25) is 0 Å². The van der Waals surface area contributed by atoms with Gasteiger partial charge in [0.25, 0.3) is 0 Å². The van der Waals surface area contributed by atoms with Crippen LogP contribution in [0.25, 0.3) is 31.6 Å². The Bertz CT molecular complexity index is 904. The van der Waals surface area contributed by atoms with Gasteiger partial charge in [0.1, 0.15) is 5.01 Å². The third-order valence-electron chi connectivity index (χ3n) is 3.90. The Labute approximate surface area is 127 Å². The summed E-state index contributed by atoms with van der Waals surface area (Å²) in [5.41, 5.74) is 3.76. The maximum absolute atomic E-state index is 4.86. The lowest BCUT2D eigenvalue weighted by Gasteiger charge is -2.09. The monoisotopic (exact) mass is 289 g/mol. The zero-order valence-electron chi connectivity index (χ0n) is 11.8. The lowest BCUT2D eigenvalue weighted by atomic mass is 9.98. The summed E-state index contributed by atoms with van der Waals surface area (Å²) in [5.74, 6) is 0. The van der Waals surface area contributed by atoms with Crippen molar-refractivity contribution in [3.8, 4) is 10.6 Å². The number of rotatable bonds is 2. The lowest BCUT2D eigenvalue weighted by molar-refractivity contribution is 1.15. The summed E-state index contributed by atoms with van der Waals surface area (Å²) in [5, 5.41) is 3.71. The van der Waals surface area contributed by atoms with Crippen LogP contribution in [0.3, 0.4) is 0 Å². The minimum absolute atomic E-state index is 1.02. The van der Waals surface area contributed by atoms with Crippen molar-refractivity contribution in [3.63, 3.8) is 0 Å². The molecule has 1 heterocycles. The van der Waals surface area contributed by atoms with Crippen LogP contribution in [-0.2, 0) is 6.42 Å². The molecule has 0 spiro atoms. The van der Waals surface area contributed by atoms with E-state index in [2.05, 4.69) is 67.6 Å². The quantitative estimate of drug-likeness (QED) is 0.462. The van der Waals surface area contributed by atoms with Crippen LogP contribution in [-0.4, -0.2) is 4.98 Å². The Balaban J connectivity index is 2.08. The van der Waals surface area contributed by atoms with E-state index in [9.17, 15) is 0 Å². The van der Waals surface area contributed by atoms with Crippen LogP contribution in [0.1, 0.15) is 12.5 Å². The smallest absolute Gasteiger partial charge is 0.125 e. The molecule has 0 fully saturated rings. The second-order valence-corrected chi connectivity index (χ2v) is 6.19. The van der Waals surface area contributed by atoms with E-state index in [4.69, 9.17) is 4.98 Å². The molecule has 0 unspecified atom stereocenters. The van der Waals surface area contributed by atoms with Crippen molar-refractivity contribution < 1.29 is 0 Å². The van der Waals surface area contributed by atoms with Gasteiger partial charge in [0, 0.05) is 5.56 Å². The summed E-state index contributed by atoms with van der Waals surface area (Å²) >= 11 is 1.78. The molecular formula is C19H15NS. The van der Waals surface area contributed by atoms with Crippen LogP contribution < -0.4 is 0 Å². The Morgan fingerprint density at radius 2 is 1.71 bits per heavy atom. The van der Waals surface area contributed by atoms with Crippen molar-refractivity contribution in [2.24, 2.45) is 0 Å². The molecule has 102 valence electrons. The van der Waals surface area contributed by atoms with Crippen LogP contribution in [0.4, 0.5) is 0 Å². The minimum atomic E-state index is 1.02. The molecule has 0 N–H and O–H groups in total. The summed E-state index contributed by atoms with van der Waals surface area (Å²) in [6, 6.07) is 21.4. The molecule has 1 aromatic heterocycles. The third-order valence-corrected chi connectivity index (χ3v) is 4.96. The van der Waals surface area contributed by atoms with Gasteiger partial charge >= 0.3 is 0 Å². The molecule has 4 aromatic rings. The molecule has 1 nitrogen and oxygen atoms in total. The predicted octanol–water partition coefficient (Wildman–Crippen LogP) is 5.68. The Hall–Kier alpha value is -2.19. The third kappa shape index (κ3) is 2.03. The number of thiazole rings is 1. The van der Waals surface area contributed by atoms with Gasteiger partial charge in [-0.05, 0) is 34.9 Å². The Morgan fingerprint density at radius 1 is 0.905 bits per heavy atom. The number of aromatic nitrogens is 1. The van der Waals surface area contributed by atoms with Gasteiger partial charge in [-0.2, -0.15) is 0 Å². The van der Waals surface area contributed by atoms with E-state index >= 15 is 0 Å². The molecule has 0 aliphatic heterocycles. The fraction of sp³-hybridized carbons (Fsp3) is 0.105. The van der Waals surface area contributed by atoms with E-state index in [1.807, 2.05) is 0 Å². The molecule has 4 rings (SSSR count). The second kappa shape index (κ2) is 4.97. The number of nitrogens with zero attached hydrogens (tertiary/aromatic N) is 1. The second-order valence-electron chi connectivity index (χ2n) is 5.16. The largest absolute Gasteiger partial charge is 0.236 e. The van der Waals surface area contributed by atoms with Crippen molar-refractivity contribution in [2.45, 2.75) is 13.3 Å². The van der Waals surface area contributed by atoms with Gasteiger partial charge in [-0.25, -0.2) is 4.98 Å². The zero-order chi connectivity index (χ0) is 14.2. The topological polar surface area (TPSA) is 12.9 Å². The summed E-state index contributed by atoms with van der Waals surface area (Å²) in [7, 11) is 0. The van der Waals surface area contributed by atoms with Crippen LogP contribution in [0.15, 0.2) is 60.7 Å². The maximum atomic E-state index is 4.86. The van der Waals surface area contributed by atoms with Gasteiger partial charge < -0.3 is 0 Å². The minimum Gasteiger partial charge on any atom is -0.236 e. The number of hydrogen-bond acceptors (Lipinski definition) is 2. The highest BCUT2D eigenvalue weighted by molar-refractivity contribution is 7.21. The molecule has 0 saturated carbocycles. The van der Waals surface area contributed by atoms with Gasteiger partial charge in [-0.15, -0.1) is 11.3 Å². The number of benzene rings is 3. The predicted molar refractivity (Wildman–Crippen MR) is 91.9 cm³/mol.